The Morgan fingerprint density at radius 1 is 1.00 bits per heavy atom. The van der Waals surface area contributed by atoms with Crippen LogP contribution in [0.25, 0.3) is 0 Å². The van der Waals surface area contributed by atoms with E-state index in [2.05, 4.69) is 27.8 Å². The predicted molar refractivity (Wildman–Crippen MR) is 121 cm³/mol. The molecule has 3 amide bonds. The van der Waals surface area contributed by atoms with Crippen LogP contribution in [-0.2, 0) is 24.2 Å². The summed E-state index contributed by atoms with van der Waals surface area (Å²) < 4.78 is 7.33. The number of hydrogen-bond acceptors (Lipinski definition) is 4. The molecule has 1 saturated heterocycles. The Morgan fingerprint density at radius 3 is 2.50 bits per heavy atom. The minimum absolute atomic E-state index is 0.0216. The Kier molecular flexibility index (Phi) is 7.14. The molecule has 1 aliphatic rings. The van der Waals surface area contributed by atoms with Crippen molar-refractivity contribution >= 4 is 17.6 Å². The van der Waals surface area contributed by atoms with Gasteiger partial charge in [0, 0.05) is 43.3 Å². The Bertz CT molecular complexity index is 1030. The molecule has 8 nitrogen and oxygen atoms in total. The second kappa shape index (κ2) is 10.6. The Labute approximate surface area is 187 Å². The third kappa shape index (κ3) is 5.73. The molecule has 0 unspecified atom stereocenters. The number of rotatable bonds is 7. The lowest BCUT2D eigenvalue weighted by atomic mass is 10.1. The van der Waals surface area contributed by atoms with Crippen molar-refractivity contribution in [2.45, 2.75) is 19.5 Å². The topological polar surface area (TPSA) is 88.5 Å². The Hall–Kier alpha value is -3.65. The summed E-state index contributed by atoms with van der Waals surface area (Å²) in [5.74, 6) is 0.772. The molecule has 1 aliphatic heterocycles. The highest BCUT2D eigenvalue weighted by Gasteiger charge is 2.18. The van der Waals surface area contributed by atoms with E-state index in [1.54, 1.807) is 35.4 Å². The van der Waals surface area contributed by atoms with E-state index in [9.17, 15) is 9.59 Å². The summed E-state index contributed by atoms with van der Waals surface area (Å²) in [5, 5.41) is 5.63. The van der Waals surface area contributed by atoms with Crippen LogP contribution in [0.5, 0.6) is 0 Å². The molecule has 0 bridgehead atoms. The van der Waals surface area contributed by atoms with E-state index in [4.69, 9.17) is 4.74 Å². The number of ether oxygens (including phenoxy) is 1. The molecule has 32 heavy (non-hydrogen) atoms. The van der Waals surface area contributed by atoms with Gasteiger partial charge < -0.3 is 24.8 Å². The zero-order valence-electron chi connectivity index (χ0n) is 17.9. The van der Waals surface area contributed by atoms with E-state index in [1.807, 2.05) is 29.0 Å². The van der Waals surface area contributed by atoms with Gasteiger partial charge in [0.1, 0.15) is 5.82 Å². The van der Waals surface area contributed by atoms with E-state index in [1.165, 1.54) is 5.56 Å². The predicted octanol–water partition coefficient (Wildman–Crippen LogP) is 2.92. The third-order valence-corrected chi connectivity index (χ3v) is 5.38. The first-order chi connectivity index (χ1) is 15.7. The van der Waals surface area contributed by atoms with Crippen LogP contribution in [0.15, 0.2) is 67.0 Å². The second-order valence-corrected chi connectivity index (χ2v) is 7.56. The number of aromatic nitrogens is 2. The van der Waals surface area contributed by atoms with Gasteiger partial charge in [0.05, 0.1) is 19.8 Å². The van der Waals surface area contributed by atoms with Gasteiger partial charge in [0.25, 0.3) is 5.91 Å². The minimum Gasteiger partial charge on any atom is -0.378 e. The van der Waals surface area contributed by atoms with Gasteiger partial charge in [-0.15, -0.1) is 0 Å². The number of morpholine rings is 1. The summed E-state index contributed by atoms with van der Waals surface area (Å²) in [5.41, 5.74) is 2.47. The highest BCUT2D eigenvalue weighted by atomic mass is 16.5. The zero-order chi connectivity index (χ0) is 22.2. The molecule has 0 saturated carbocycles. The number of anilines is 1. The maximum Gasteiger partial charge on any atom is 0.319 e. The number of carbonyl (C=O) groups is 2. The fraction of sp³-hybridized carbons (Fsp3) is 0.292. The van der Waals surface area contributed by atoms with Gasteiger partial charge >= 0.3 is 6.03 Å². The van der Waals surface area contributed by atoms with Crippen LogP contribution in [0.4, 0.5) is 10.5 Å². The molecule has 2 aromatic carbocycles. The van der Waals surface area contributed by atoms with Gasteiger partial charge in [-0.25, -0.2) is 9.78 Å². The molecular weight excluding hydrogens is 406 g/mol. The first-order valence-electron chi connectivity index (χ1n) is 10.7. The molecule has 0 aliphatic carbocycles. The monoisotopic (exact) mass is 433 g/mol. The zero-order valence-corrected chi connectivity index (χ0v) is 17.9. The van der Waals surface area contributed by atoms with Gasteiger partial charge in [0.15, 0.2) is 0 Å². The van der Waals surface area contributed by atoms with Crippen LogP contribution < -0.4 is 10.6 Å². The number of amides is 3. The summed E-state index contributed by atoms with van der Waals surface area (Å²) in [4.78, 5) is 30.9. The maximum atomic E-state index is 12.5. The van der Waals surface area contributed by atoms with Crippen molar-refractivity contribution in [3.05, 3.63) is 83.9 Å². The summed E-state index contributed by atoms with van der Waals surface area (Å²) in [6, 6.07) is 16.8. The van der Waals surface area contributed by atoms with Crippen molar-refractivity contribution in [3.8, 4) is 0 Å². The summed E-state index contributed by atoms with van der Waals surface area (Å²) >= 11 is 0. The van der Waals surface area contributed by atoms with Gasteiger partial charge in [-0.1, -0.05) is 30.3 Å². The Balaban J connectivity index is 1.25. The lowest BCUT2D eigenvalue weighted by molar-refractivity contribution is 0.0303. The molecule has 4 rings (SSSR count). The molecule has 8 heteroatoms. The lowest BCUT2D eigenvalue weighted by Gasteiger charge is -2.26. The number of hydrogen-bond donors (Lipinski definition) is 2. The molecule has 1 fully saturated rings. The van der Waals surface area contributed by atoms with Gasteiger partial charge in [-0.3, -0.25) is 4.79 Å². The molecule has 0 radical (unpaired) electrons. The first kappa shape index (κ1) is 21.6. The van der Waals surface area contributed by atoms with Crippen LogP contribution in [0.3, 0.4) is 0 Å². The average molecular weight is 434 g/mol. The fourth-order valence-electron chi connectivity index (χ4n) is 3.58. The standard InChI is InChI=1S/C24H27N5O3/c30-23(29-14-16-32-17-15-29)20-6-8-21(9-7-20)27-24(31)26-18-22-25-11-13-28(22)12-10-19-4-2-1-3-5-19/h1-9,11,13H,10,12,14-18H2,(H2,26,27,31). The van der Waals surface area contributed by atoms with Crippen LogP contribution in [-0.4, -0.2) is 52.7 Å². The van der Waals surface area contributed by atoms with Crippen molar-refractivity contribution in [3.63, 3.8) is 0 Å². The molecule has 1 aromatic heterocycles. The molecule has 3 aromatic rings. The number of aryl methyl sites for hydroxylation is 2. The van der Waals surface area contributed by atoms with Crippen LogP contribution in [0.1, 0.15) is 21.7 Å². The van der Waals surface area contributed by atoms with E-state index < -0.39 is 0 Å². The molecule has 2 N–H and O–H groups in total. The lowest BCUT2D eigenvalue weighted by Crippen LogP contribution is -2.40. The third-order valence-electron chi connectivity index (χ3n) is 5.38. The summed E-state index contributed by atoms with van der Waals surface area (Å²) in [7, 11) is 0. The van der Waals surface area contributed by atoms with E-state index in [0.717, 1.165) is 18.8 Å². The summed E-state index contributed by atoms with van der Waals surface area (Å²) in [6.45, 7) is 3.44. The number of imidazole rings is 1. The van der Waals surface area contributed by atoms with Crippen molar-refractivity contribution in [1.29, 1.82) is 0 Å². The Morgan fingerprint density at radius 2 is 1.75 bits per heavy atom. The smallest absolute Gasteiger partial charge is 0.319 e. The average Bonchev–Trinajstić information content (AvgIpc) is 3.30. The van der Waals surface area contributed by atoms with Crippen molar-refractivity contribution in [2.75, 3.05) is 31.6 Å². The minimum atomic E-state index is -0.324. The number of nitrogens with one attached hydrogen (secondary N) is 2. The normalized spacial score (nSPS) is 13.6. The highest BCUT2D eigenvalue weighted by molar-refractivity contribution is 5.95. The first-order valence-corrected chi connectivity index (χ1v) is 10.7. The number of urea groups is 1. The number of nitrogens with zero attached hydrogens (tertiary/aromatic N) is 3. The molecule has 166 valence electrons. The van der Waals surface area contributed by atoms with E-state index in [-0.39, 0.29) is 11.9 Å². The van der Waals surface area contributed by atoms with Crippen molar-refractivity contribution in [1.82, 2.24) is 19.8 Å². The molecule has 0 atom stereocenters. The molecular formula is C24H27N5O3. The van der Waals surface area contributed by atoms with Crippen molar-refractivity contribution < 1.29 is 14.3 Å². The quantitative estimate of drug-likeness (QED) is 0.600. The van der Waals surface area contributed by atoms with Gasteiger partial charge in [0.2, 0.25) is 0 Å². The SMILES string of the molecule is O=C(NCc1nccn1CCc1ccccc1)Nc1ccc(C(=O)N2CCOCC2)cc1. The second-order valence-electron chi connectivity index (χ2n) is 7.56. The largest absolute Gasteiger partial charge is 0.378 e. The maximum absolute atomic E-state index is 12.5. The number of carbonyl (C=O) groups excluding carboxylic acids is 2. The van der Waals surface area contributed by atoms with Gasteiger partial charge in [-0.2, -0.15) is 0 Å². The van der Waals surface area contributed by atoms with E-state index in [0.29, 0.717) is 44.1 Å². The van der Waals surface area contributed by atoms with Crippen LogP contribution in [0.2, 0.25) is 0 Å². The highest BCUT2D eigenvalue weighted by Crippen LogP contribution is 2.13. The summed E-state index contributed by atoms with van der Waals surface area (Å²) in [6.07, 6.45) is 4.55. The number of benzene rings is 2. The molecule has 0 spiro atoms. The van der Waals surface area contributed by atoms with E-state index >= 15 is 0 Å². The van der Waals surface area contributed by atoms with Gasteiger partial charge in [-0.05, 0) is 36.2 Å². The van der Waals surface area contributed by atoms with Crippen LogP contribution >= 0.6 is 0 Å². The fourth-order valence-corrected chi connectivity index (χ4v) is 3.58. The van der Waals surface area contributed by atoms with Crippen LogP contribution in [0, 0.1) is 0 Å². The van der Waals surface area contributed by atoms with Crippen molar-refractivity contribution in [2.24, 2.45) is 0 Å². The molecule has 2 heterocycles.